The summed E-state index contributed by atoms with van der Waals surface area (Å²) in [5, 5.41) is 14.9. The number of tetrazole rings is 1. The minimum absolute atomic E-state index is 0.498. The number of aromatic nitrogens is 4. The Bertz CT molecular complexity index is 569. The van der Waals surface area contributed by atoms with E-state index in [9.17, 15) is 0 Å². The number of hydrogen-bond acceptors (Lipinski definition) is 5. The van der Waals surface area contributed by atoms with Gasteiger partial charge in [0, 0.05) is 24.3 Å². The summed E-state index contributed by atoms with van der Waals surface area (Å²) >= 11 is 0. The number of rotatable bonds is 3. The summed E-state index contributed by atoms with van der Waals surface area (Å²) in [7, 11) is 2.18. The van der Waals surface area contributed by atoms with Gasteiger partial charge >= 0.3 is 0 Å². The lowest BCUT2D eigenvalue weighted by atomic mass is 10.1. The molecule has 1 saturated heterocycles. The first-order valence-electron chi connectivity index (χ1n) is 6.94. The molecule has 3 rings (SSSR count). The first-order chi connectivity index (χ1) is 9.63. The van der Waals surface area contributed by atoms with Gasteiger partial charge in [-0.25, -0.2) is 4.68 Å². The van der Waals surface area contributed by atoms with Gasteiger partial charge in [-0.05, 0) is 55.4 Å². The number of aryl methyl sites for hydroxylation is 1. The molecule has 2 heterocycles. The van der Waals surface area contributed by atoms with Crippen LogP contribution in [0.15, 0.2) is 24.5 Å². The summed E-state index contributed by atoms with van der Waals surface area (Å²) in [4.78, 5) is 2.39. The second kappa shape index (κ2) is 5.20. The lowest BCUT2D eigenvalue weighted by Gasteiger charge is -2.17. The van der Waals surface area contributed by atoms with Gasteiger partial charge in [-0.15, -0.1) is 5.10 Å². The zero-order valence-corrected chi connectivity index (χ0v) is 12.1. The highest BCUT2D eigenvalue weighted by Gasteiger charge is 2.26. The van der Waals surface area contributed by atoms with Crippen molar-refractivity contribution in [2.75, 3.05) is 18.9 Å². The maximum absolute atomic E-state index is 3.93. The number of hydrogen-bond donors (Lipinski definition) is 1. The molecule has 1 N–H and O–H groups in total. The molecule has 1 fully saturated rings. The van der Waals surface area contributed by atoms with Crippen LogP contribution < -0.4 is 5.32 Å². The van der Waals surface area contributed by atoms with Crippen LogP contribution in [-0.4, -0.2) is 50.8 Å². The number of likely N-dealkylation sites (tertiary alicyclic amines) is 1. The quantitative estimate of drug-likeness (QED) is 0.917. The molecule has 6 heteroatoms. The van der Waals surface area contributed by atoms with Gasteiger partial charge < -0.3 is 10.2 Å². The maximum atomic E-state index is 3.93. The van der Waals surface area contributed by atoms with E-state index in [1.807, 2.05) is 6.07 Å². The van der Waals surface area contributed by atoms with Crippen molar-refractivity contribution in [1.82, 2.24) is 25.1 Å². The number of nitrogens with one attached hydrogen (secondary N) is 1. The first-order valence-corrected chi connectivity index (χ1v) is 6.94. The van der Waals surface area contributed by atoms with Gasteiger partial charge in [-0.1, -0.05) is 6.07 Å². The zero-order valence-electron chi connectivity index (χ0n) is 12.1. The molecule has 1 aliphatic heterocycles. The Kier molecular flexibility index (Phi) is 3.40. The molecule has 0 bridgehead atoms. The highest BCUT2D eigenvalue weighted by Crippen LogP contribution is 2.24. The normalized spacial score (nSPS) is 23.1. The second-order valence-electron chi connectivity index (χ2n) is 5.62. The van der Waals surface area contributed by atoms with E-state index in [4.69, 9.17) is 0 Å². The number of benzene rings is 1. The van der Waals surface area contributed by atoms with Crippen molar-refractivity contribution in [1.29, 1.82) is 0 Å². The van der Waals surface area contributed by atoms with Gasteiger partial charge in [0.25, 0.3) is 0 Å². The Labute approximate surface area is 118 Å². The number of anilines is 1. The van der Waals surface area contributed by atoms with E-state index in [1.54, 1.807) is 11.0 Å². The van der Waals surface area contributed by atoms with Crippen molar-refractivity contribution in [2.24, 2.45) is 0 Å². The van der Waals surface area contributed by atoms with Crippen LogP contribution in [0.4, 0.5) is 5.69 Å². The molecule has 0 saturated carbocycles. The van der Waals surface area contributed by atoms with Gasteiger partial charge in [0.15, 0.2) is 0 Å². The minimum Gasteiger partial charge on any atom is -0.381 e. The van der Waals surface area contributed by atoms with Crippen LogP contribution in [0.1, 0.15) is 18.9 Å². The van der Waals surface area contributed by atoms with E-state index < -0.39 is 0 Å². The highest BCUT2D eigenvalue weighted by molar-refractivity contribution is 5.57. The zero-order chi connectivity index (χ0) is 14.1. The molecule has 6 nitrogen and oxygen atoms in total. The molecule has 106 valence electrons. The fourth-order valence-electron chi connectivity index (χ4n) is 2.71. The Hall–Kier alpha value is -1.95. The van der Waals surface area contributed by atoms with Gasteiger partial charge in [-0.3, -0.25) is 0 Å². The van der Waals surface area contributed by atoms with E-state index in [-0.39, 0.29) is 0 Å². The molecule has 0 aliphatic carbocycles. The predicted molar refractivity (Wildman–Crippen MR) is 78.0 cm³/mol. The third kappa shape index (κ3) is 2.51. The van der Waals surface area contributed by atoms with Crippen LogP contribution in [0.3, 0.4) is 0 Å². The van der Waals surface area contributed by atoms with Crippen LogP contribution in [-0.2, 0) is 0 Å². The molecule has 2 unspecified atom stereocenters. The van der Waals surface area contributed by atoms with E-state index in [0.717, 1.165) is 17.9 Å². The molecular formula is C14H20N6. The average Bonchev–Trinajstić information content (AvgIpc) is 3.04. The highest BCUT2D eigenvalue weighted by atomic mass is 15.5. The average molecular weight is 272 g/mol. The SMILES string of the molecule is Cc1ccc(-n2cnnn2)cc1NC1CC(C)N(C)C1. The van der Waals surface area contributed by atoms with Crippen molar-refractivity contribution >= 4 is 5.69 Å². The molecule has 1 aromatic carbocycles. The molecule has 0 radical (unpaired) electrons. The molecular weight excluding hydrogens is 252 g/mol. The van der Waals surface area contributed by atoms with Crippen LogP contribution >= 0.6 is 0 Å². The van der Waals surface area contributed by atoms with Crippen molar-refractivity contribution in [3.8, 4) is 5.69 Å². The van der Waals surface area contributed by atoms with E-state index in [2.05, 4.69) is 58.8 Å². The monoisotopic (exact) mass is 272 g/mol. The standard InChI is InChI=1S/C14H20N6/c1-10-4-5-13(20-9-15-17-18-20)7-14(10)16-12-6-11(2)19(3)8-12/h4-5,7,9,11-12,16H,6,8H2,1-3H3. The van der Waals surface area contributed by atoms with Crippen molar-refractivity contribution in [3.63, 3.8) is 0 Å². The minimum atomic E-state index is 0.498. The Morgan fingerprint density at radius 3 is 2.85 bits per heavy atom. The van der Waals surface area contributed by atoms with Gasteiger partial charge in [0.1, 0.15) is 6.33 Å². The topological polar surface area (TPSA) is 58.9 Å². The van der Waals surface area contributed by atoms with Gasteiger partial charge in [0.2, 0.25) is 0 Å². The lowest BCUT2D eigenvalue weighted by molar-refractivity contribution is 0.330. The Morgan fingerprint density at radius 2 is 2.20 bits per heavy atom. The smallest absolute Gasteiger partial charge is 0.143 e. The van der Waals surface area contributed by atoms with Crippen LogP contribution in [0, 0.1) is 6.92 Å². The Balaban J connectivity index is 1.81. The summed E-state index contributed by atoms with van der Waals surface area (Å²) in [5.74, 6) is 0. The third-order valence-electron chi connectivity index (χ3n) is 4.08. The van der Waals surface area contributed by atoms with E-state index in [1.165, 1.54) is 12.0 Å². The predicted octanol–water partition coefficient (Wildman–Crippen LogP) is 1.48. The van der Waals surface area contributed by atoms with Crippen LogP contribution in [0.5, 0.6) is 0 Å². The molecule has 2 atom stereocenters. The fourth-order valence-corrected chi connectivity index (χ4v) is 2.71. The molecule has 0 spiro atoms. The van der Waals surface area contributed by atoms with Gasteiger partial charge in [0.05, 0.1) is 5.69 Å². The summed E-state index contributed by atoms with van der Waals surface area (Å²) in [6.45, 7) is 5.47. The number of nitrogens with zero attached hydrogens (tertiary/aromatic N) is 5. The summed E-state index contributed by atoms with van der Waals surface area (Å²) in [6, 6.07) is 7.37. The van der Waals surface area contributed by atoms with E-state index >= 15 is 0 Å². The number of likely N-dealkylation sites (N-methyl/N-ethyl adjacent to an activating group) is 1. The molecule has 1 aliphatic rings. The molecule has 1 aromatic heterocycles. The Morgan fingerprint density at radius 1 is 1.35 bits per heavy atom. The van der Waals surface area contributed by atoms with Crippen molar-refractivity contribution < 1.29 is 0 Å². The molecule has 2 aromatic rings. The van der Waals surface area contributed by atoms with Crippen molar-refractivity contribution in [3.05, 3.63) is 30.1 Å². The fraction of sp³-hybridized carbons (Fsp3) is 0.500. The third-order valence-corrected chi connectivity index (χ3v) is 4.08. The molecule has 20 heavy (non-hydrogen) atoms. The summed E-state index contributed by atoms with van der Waals surface area (Å²) in [5.41, 5.74) is 3.37. The lowest BCUT2D eigenvalue weighted by Crippen LogP contribution is -2.25. The largest absolute Gasteiger partial charge is 0.381 e. The maximum Gasteiger partial charge on any atom is 0.143 e. The van der Waals surface area contributed by atoms with Crippen LogP contribution in [0.2, 0.25) is 0 Å². The van der Waals surface area contributed by atoms with Crippen molar-refractivity contribution in [2.45, 2.75) is 32.4 Å². The molecule has 0 amide bonds. The van der Waals surface area contributed by atoms with E-state index in [0.29, 0.717) is 12.1 Å². The summed E-state index contributed by atoms with van der Waals surface area (Å²) < 4.78 is 1.67. The first kappa shape index (κ1) is 13.1. The summed E-state index contributed by atoms with van der Waals surface area (Å²) in [6.07, 6.45) is 2.78. The second-order valence-corrected chi connectivity index (χ2v) is 5.62. The van der Waals surface area contributed by atoms with Gasteiger partial charge in [-0.2, -0.15) is 0 Å². The van der Waals surface area contributed by atoms with Crippen LogP contribution in [0.25, 0.3) is 5.69 Å².